The first kappa shape index (κ1) is 22.1. The van der Waals surface area contributed by atoms with Crippen LogP contribution in [0.25, 0.3) is 10.9 Å². The summed E-state index contributed by atoms with van der Waals surface area (Å²) >= 11 is 0. The largest absolute Gasteiger partial charge is 0.494 e. The molecule has 35 heavy (non-hydrogen) atoms. The third-order valence-corrected chi connectivity index (χ3v) is 5.67. The highest BCUT2D eigenvalue weighted by Crippen LogP contribution is 2.26. The number of halogens is 1. The number of fused-ring (bicyclic) bond motifs is 1. The van der Waals surface area contributed by atoms with Crippen LogP contribution in [0.5, 0.6) is 5.75 Å². The minimum atomic E-state index is -0.498. The minimum absolute atomic E-state index is 0.124. The van der Waals surface area contributed by atoms with Crippen molar-refractivity contribution >= 4 is 16.7 Å². The molecule has 0 aliphatic rings. The molecule has 0 atom stereocenters. The Morgan fingerprint density at radius 3 is 2.54 bits per heavy atom. The lowest BCUT2D eigenvalue weighted by atomic mass is 10.1. The molecule has 0 fully saturated rings. The maximum atomic E-state index is 14.8. The zero-order chi connectivity index (χ0) is 24.2. The van der Waals surface area contributed by atoms with Gasteiger partial charge in [0.15, 0.2) is 17.4 Å². The van der Waals surface area contributed by atoms with E-state index in [0.717, 1.165) is 17.5 Å². The third-order valence-electron chi connectivity index (χ3n) is 5.67. The predicted molar refractivity (Wildman–Crippen MR) is 130 cm³/mol. The van der Waals surface area contributed by atoms with E-state index in [1.54, 1.807) is 18.5 Å². The van der Waals surface area contributed by atoms with E-state index in [1.165, 1.54) is 18.7 Å². The second-order valence-electron chi connectivity index (χ2n) is 7.94. The second kappa shape index (κ2) is 9.65. The molecule has 3 aromatic heterocycles. The van der Waals surface area contributed by atoms with Crippen LogP contribution >= 0.6 is 0 Å². The molecule has 0 radical (unpaired) electrons. The lowest BCUT2D eigenvalue weighted by Crippen LogP contribution is -2.07. The summed E-state index contributed by atoms with van der Waals surface area (Å²) in [6, 6.07) is 13.4. The Morgan fingerprint density at radius 1 is 1.09 bits per heavy atom. The number of rotatable bonds is 8. The highest BCUT2D eigenvalue weighted by atomic mass is 19.1. The summed E-state index contributed by atoms with van der Waals surface area (Å²) in [4.78, 5) is 0. The van der Waals surface area contributed by atoms with E-state index in [-0.39, 0.29) is 12.3 Å². The van der Waals surface area contributed by atoms with Gasteiger partial charge >= 0.3 is 0 Å². The Bertz CT molecular complexity index is 1500. The number of ether oxygens (including phenoxy) is 1. The van der Waals surface area contributed by atoms with Crippen molar-refractivity contribution in [2.75, 3.05) is 12.4 Å². The van der Waals surface area contributed by atoms with E-state index in [1.807, 2.05) is 27.8 Å². The molecule has 2 aromatic carbocycles. The lowest BCUT2D eigenvalue weighted by molar-refractivity contribution is 0.384. The molecule has 0 saturated carbocycles. The summed E-state index contributed by atoms with van der Waals surface area (Å²) < 4.78 is 23.6. The molecule has 8 nitrogen and oxygen atoms in total. The van der Waals surface area contributed by atoms with Gasteiger partial charge in [-0.1, -0.05) is 30.2 Å². The monoisotopic (exact) mass is 467 g/mol. The molecule has 0 spiro atoms. The van der Waals surface area contributed by atoms with Crippen LogP contribution in [0.4, 0.5) is 10.2 Å². The molecular weight excluding hydrogens is 445 g/mol. The van der Waals surface area contributed by atoms with Gasteiger partial charge in [-0.25, -0.2) is 4.39 Å². The predicted octanol–water partition coefficient (Wildman–Crippen LogP) is 3.86. The summed E-state index contributed by atoms with van der Waals surface area (Å²) in [7, 11) is 1.42. The molecule has 0 bridgehead atoms. The summed E-state index contributed by atoms with van der Waals surface area (Å²) in [6.45, 7) is 1.43. The van der Waals surface area contributed by atoms with Crippen LogP contribution in [0.2, 0.25) is 0 Å². The summed E-state index contributed by atoms with van der Waals surface area (Å²) in [5.74, 6) is 2.64. The van der Waals surface area contributed by atoms with Gasteiger partial charge in [0.25, 0.3) is 0 Å². The first-order chi connectivity index (χ1) is 17.1. The van der Waals surface area contributed by atoms with Gasteiger partial charge in [-0.3, -0.25) is 9.36 Å². The molecule has 0 amide bonds. The van der Waals surface area contributed by atoms with Gasteiger partial charge in [-0.15, -0.1) is 11.5 Å². The van der Waals surface area contributed by atoms with Crippen molar-refractivity contribution in [3.05, 3.63) is 95.3 Å². The number of benzene rings is 2. The van der Waals surface area contributed by atoms with Gasteiger partial charge < -0.3 is 10.1 Å². The fraction of sp³-hybridized carbons (Fsp3) is 0.154. The van der Waals surface area contributed by atoms with Crippen LogP contribution in [0.1, 0.15) is 22.3 Å². The van der Waals surface area contributed by atoms with E-state index in [4.69, 9.17) is 11.2 Å². The fourth-order valence-corrected chi connectivity index (χ4v) is 3.88. The zero-order valence-corrected chi connectivity index (χ0v) is 19.0. The maximum absolute atomic E-state index is 14.8. The van der Waals surface area contributed by atoms with E-state index in [9.17, 15) is 4.39 Å². The fourth-order valence-electron chi connectivity index (χ4n) is 3.88. The average molecular weight is 468 g/mol. The Morgan fingerprint density at radius 2 is 1.86 bits per heavy atom. The smallest absolute Gasteiger partial charge is 0.171 e. The summed E-state index contributed by atoms with van der Waals surface area (Å²) in [5.41, 5.74) is 3.73. The Hall–Kier alpha value is -4.71. The number of aromatic nitrogens is 6. The maximum Gasteiger partial charge on any atom is 0.171 e. The van der Waals surface area contributed by atoms with Crippen LogP contribution in [-0.2, 0) is 19.6 Å². The van der Waals surface area contributed by atoms with Crippen molar-refractivity contribution in [2.24, 2.45) is 0 Å². The molecule has 1 N–H and O–H groups in total. The van der Waals surface area contributed by atoms with Crippen LogP contribution in [-0.4, -0.2) is 36.9 Å². The number of nitrogens with one attached hydrogen (secondary N) is 1. The third kappa shape index (κ3) is 4.68. The normalized spacial score (nSPS) is 10.9. The van der Waals surface area contributed by atoms with E-state index in [0.29, 0.717) is 29.0 Å². The van der Waals surface area contributed by atoms with Gasteiger partial charge in [0.1, 0.15) is 5.52 Å². The van der Waals surface area contributed by atoms with Gasteiger partial charge in [0.2, 0.25) is 0 Å². The molecule has 0 aliphatic heterocycles. The molecule has 174 valence electrons. The van der Waals surface area contributed by atoms with E-state index in [2.05, 4.69) is 55.9 Å². The number of methoxy groups -OCH3 is 1. The summed E-state index contributed by atoms with van der Waals surface area (Å²) in [5, 5.41) is 21.0. The van der Waals surface area contributed by atoms with Crippen LogP contribution < -0.4 is 10.1 Å². The van der Waals surface area contributed by atoms with Crippen molar-refractivity contribution in [1.29, 1.82) is 0 Å². The quantitative estimate of drug-likeness (QED) is 0.349. The van der Waals surface area contributed by atoms with Crippen molar-refractivity contribution in [3.8, 4) is 18.1 Å². The number of hydrogen-bond acceptors (Lipinski definition) is 6. The number of hydrogen-bond donors (Lipinski definition) is 1. The first-order valence-electron chi connectivity index (χ1n) is 10.9. The minimum Gasteiger partial charge on any atom is -0.494 e. The first-order valence-corrected chi connectivity index (χ1v) is 10.9. The number of terminal acetylenes is 1. The zero-order valence-electron chi connectivity index (χ0n) is 19.0. The van der Waals surface area contributed by atoms with Crippen molar-refractivity contribution in [2.45, 2.75) is 19.6 Å². The SMILES string of the molecule is C#Cc1ccc(OC)c(F)c1CNc1nncc2nn(Cc3ccc(Cn4cccn4)cc3)cc12. The van der Waals surface area contributed by atoms with Crippen molar-refractivity contribution in [3.63, 3.8) is 0 Å². The van der Waals surface area contributed by atoms with Crippen LogP contribution in [0, 0.1) is 18.2 Å². The number of nitrogens with zero attached hydrogens (tertiary/aromatic N) is 6. The molecule has 0 saturated heterocycles. The van der Waals surface area contributed by atoms with Gasteiger partial charge in [-0.05, 0) is 29.3 Å². The Labute approximate surface area is 201 Å². The van der Waals surface area contributed by atoms with Gasteiger partial charge in [-0.2, -0.15) is 15.3 Å². The van der Waals surface area contributed by atoms with E-state index < -0.39 is 5.82 Å². The highest BCUT2D eigenvalue weighted by molar-refractivity contribution is 5.87. The van der Waals surface area contributed by atoms with Crippen LogP contribution in [0.3, 0.4) is 0 Å². The molecule has 5 aromatic rings. The molecule has 3 heterocycles. The van der Waals surface area contributed by atoms with E-state index >= 15 is 0 Å². The average Bonchev–Trinajstić information content (AvgIpc) is 3.54. The van der Waals surface area contributed by atoms with Gasteiger partial charge in [0.05, 0.1) is 31.8 Å². The second-order valence-corrected chi connectivity index (χ2v) is 7.94. The van der Waals surface area contributed by atoms with Crippen molar-refractivity contribution in [1.82, 2.24) is 29.8 Å². The lowest BCUT2D eigenvalue weighted by Gasteiger charge is -2.11. The molecule has 0 aliphatic carbocycles. The Balaban J connectivity index is 1.33. The molecule has 9 heteroatoms. The molecule has 0 unspecified atom stereocenters. The standard InChI is InChI=1S/C26H22FN7O/c1-3-20-9-10-24(35-2)25(27)21(20)13-28-26-22-17-34(32-23(22)14-29-31-26)16-19-7-5-18(6-8-19)15-33-12-4-11-30-33/h1,4-12,14,17H,13,15-16H2,2H3,(H,28,31). The summed E-state index contributed by atoms with van der Waals surface area (Å²) in [6.07, 6.45) is 12.8. The van der Waals surface area contributed by atoms with Crippen molar-refractivity contribution < 1.29 is 9.13 Å². The Kier molecular flexibility index (Phi) is 6.09. The van der Waals surface area contributed by atoms with Crippen LogP contribution in [0.15, 0.2) is 67.3 Å². The number of anilines is 1. The highest BCUT2D eigenvalue weighted by Gasteiger charge is 2.15. The molecular formula is C26H22FN7O. The van der Waals surface area contributed by atoms with Gasteiger partial charge in [0, 0.05) is 36.3 Å². The molecule has 5 rings (SSSR count). The topological polar surface area (TPSA) is 82.7 Å².